The molecule has 0 aromatic rings. The fourth-order valence-electron chi connectivity index (χ4n) is 1.62. The Morgan fingerprint density at radius 2 is 2.38 bits per heavy atom. The minimum atomic E-state index is -0.630. The van der Waals surface area contributed by atoms with Gasteiger partial charge in [0.2, 0.25) is 11.8 Å². The standard InChI is InChI=1S/C11H18N2O3/c1-2-3-5-8(10(12)14)13-11(15)9-6-4-7-16-9/h2,8-9H,1,3-7H2,(H2,12,14)(H,13,15)/t8-,9-/m1/s1. The monoisotopic (exact) mass is 226 g/mol. The van der Waals surface area contributed by atoms with E-state index in [1.165, 1.54) is 0 Å². The minimum absolute atomic E-state index is 0.245. The summed E-state index contributed by atoms with van der Waals surface area (Å²) in [6.45, 7) is 4.16. The second-order valence-corrected chi connectivity index (χ2v) is 3.83. The first kappa shape index (κ1) is 12.7. The number of allylic oxidation sites excluding steroid dienone is 1. The Kier molecular flexibility index (Phi) is 4.98. The van der Waals surface area contributed by atoms with Gasteiger partial charge in [0.25, 0.3) is 0 Å². The molecule has 1 aliphatic heterocycles. The summed E-state index contributed by atoms with van der Waals surface area (Å²) < 4.78 is 5.22. The van der Waals surface area contributed by atoms with Gasteiger partial charge in [-0.25, -0.2) is 0 Å². The highest BCUT2D eigenvalue weighted by Gasteiger charge is 2.26. The number of rotatable bonds is 6. The van der Waals surface area contributed by atoms with E-state index in [2.05, 4.69) is 11.9 Å². The molecule has 0 radical (unpaired) electrons. The maximum absolute atomic E-state index is 11.7. The average molecular weight is 226 g/mol. The van der Waals surface area contributed by atoms with Crippen LogP contribution in [0.3, 0.4) is 0 Å². The van der Waals surface area contributed by atoms with E-state index in [1.807, 2.05) is 0 Å². The quantitative estimate of drug-likeness (QED) is 0.630. The molecule has 0 spiro atoms. The molecule has 0 aromatic heterocycles. The van der Waals surface area contributed by atoms with Gasteiger partial charge in [-0.3, -0.25) is 9.59 Å². The van der Waals surface area contributed by atoms with Gasteiger partial charge in [-0.2, -0.15) is 0 Å². The average Bonchev–Trinajstić information content (AvgIpc) is 2.76. The van der Waals surface area contributed by atoms with Gasteiger partial charge < -0.3 is 15.8 Å². The van der Waals surface area contributed by atoms with Crippen molar-refractivity contribution in [2.75, 3.05) is 6.61 Å². The van der Waals surface area contributed by atoms with Crippen LogP contribution < -0.4 is 11.1 Å². The van der Waals surface area contributed by atoms with E-state index in [9.17, 15) is 9.59 Å². The van der Waals surface area contributed by atoms with Gasteiger partial charge in [-0.05, 0) is 25.7 Å². The predicted molar refractivity (Wildman–Crippen MR) is 59.5 cm³/mol. The summed E-state index contributed by atoms with van der Waals surface area (Å²) in [5, 5.41) is 2.61. The lowest BCUT2D eigenvalue weighted by Gasteiger charge is -2.17. The van der Waals surface area contributed by atoms with Crippen LogP contribution in [0, 0.1) is 0 Å². The molecule has 1 saturated heterocycles. The van der Waals surface area contributed by atoms with Crippen LogP contribution in [-0.2, 0) is 14.3 Å². The highest BCUT2D eigenvalue weighted by Crippen LogP contribution is 2.12. The van der Waals surface area contributed by atoms with Crippen LogP contribution in [0.15, 0.2) is 12.7 Å². The van der Waals surface area contributed by atoms with Crippen molar-refractivity contribution >= 4 is 11.8 Å². The smallest absolute Gasteiger partial charge is 0.249 e. The first-order valence-corrected chi connectivity index (χ1v) is 5.47. The summed E-state index contributed by atoms with van der Waals surface area (Å²) in [6.07, 6.45) is 3.97. The van der Waals surface area contributed by atoms with Crippen LogP contribution in [0.1, 0.15) is 25.7 Å². The molecule has 1 heterocycles. The first-order valence-electron chi connectivity index (χ1n) is 5.47. The highest BCUT2D eigenvalue weighted by molar-refractivity contribution is 5.88. The molecular formula is C11H18N2O3. The largest absolute Gasteiger partial charge is 0.368 e. The molecule has 1 aliphatic rings. The van der Waals surface area contributed by atoms with Gasteiger partial charge in [-0.1, -0.05) is 6.08 Å². The normalized spacial score (nSPS) is 21.4. The van der Waals surface area contributed by atoms with Crippen LogP contribution in [-0.4, -0.2) is 30.6 Å². The third kappa shape index (κ3) is 3.66. The Morgan fingerprint density at radius 1 is 1.62 bits per heavy atom. The lowest BCUT2D eigenvalue weighted by atomic mass is 10.1. The van der Waals surface area contributed by atoms with E-state index in [-0.39, 0.29) is 5.91 Å². The van der Waals surface area contributed by atoms with Crippen molar-refractivity contribution in [3.63, 3.8) is 0 Å². The Bertz CT molecular complexity index is 272. The summed E-state index contributed by atoms with van der Waals surface area (Å²) in [7, 11) is 0. The number of nitrogens with one attached hydrogen (secondary N) is 1. The van der Waals surface area contributed by atoms with Crippen molar-refractivity contribution < 1.29 is 14.3 Å². The molecule has 0 aliphatic carbocycles. The Balaban J connectivity index is 2.43. The molecule has 5 heteroatoms. The van der Waals surface area contributed by atoms with Gasteiger partial charge in [-0.15, -0.1) is 6.58 Å². The Labute approximate surface area is 95.0 Å². The zero-order valence-electron chi connectivity index (χ0n) is 9.28. The fourth-order valence-corrected chi connectivity index (χ4v) is 1.62. The van der Waals surface area contributed by atoms with E-state index < -0.39 is 18.1 Å². The molecule has 90 valence electrons. The zero-order chi connectivity index (χ0) is 12.0. The molecular weight excluding hydrogens is 208 g/mol. The van der Waals surface area contributed by atoms with Crippen molar-refractivity contribution in [1.82, 2.24) is 5.32 Å². The maximum atomic E-state index is 11.7. The molecule has 2 atom stereocenters. The van der Waals surface area contributed by atoms with Gasteiger partial charge in [0, 0.05) is 6.61 Å². The number of amides is 2. The molecule has 1 rings (SSSR count). The minimum Gasteiger partial charge on any atom is -0.368 e. The van der Waals surface area contributed by atoms with Crippen LogP contribution in [0.5, 0.6) is 0 Å². The fraction of sp³-hybridized carbons (Fsp3) is 0.636. The van der Waals surface area contributed by atoms with E-state index in [0.717, 1.165) is 6.42 Å². The van der Waals surface area contributed by atoms with Crippen LogP contribution in [0.4, 0.5) is 0 Å². The molecule has 0 unspecified atom stereocenters. The van der Waals surface area contributed by atoms with Crippen molar-refractivity contribution in [3.8, 4) is 0 Å². The second kappa shape index (κ2) is 6.27. The molecule has 3 N–H and O–H groups in total. The molecule has 0 aromatic carbocycles. The molecule has 1 fully saturated rings. The zero-order valence-corrected chi connectivity index (χ0v) is 9.28. The number of nitrogens with two attached hydrogens (primary N) is 1. The molecule has 16 heavy (non-hydrogen) atoms. The summed E-state index contributed by atoms with van der Waals surface area (Å²) in [6, 6.07) is -0.630. The SMILES string of the molecule is C=CCC[C@@H](NC(=O)[C@H]1CCCO1)C(N)=O. The van der Waals surface area contributed by atoms with Crippen molar-refractivity contribution in [1.29, 1.82) is 0 Å². The van der Waals surface area contributed by atoms with Crippen LogP contribution >= 0.6 is 0 Å². The number of carbonyl (C=O) groups is 2. The second-order valence-electron chi connectivity index (χ2n) is 3.83. The summed E-state index contributed by atoms with van der Waals surface area (Å²) in [5.41, 5.74) is 5.20. The molecule has 2 amide bonds. The highest BCUT2D eigenvalue weighted by atomic mass is 16.5. The number of primary amides is 1. The molecule has 0 saturated carbocycles. The summed E-state index contributed by atoms with van der Waals surface area (Å²) >= 11 is 0. The van der Waals surface area contributed by atoms with Crippen molar-refractivity contribution in [3.05, 3.63) is 12.7 Å². The number of hydrogen-bond donors (Lipinski definition) is 2. The number of ether oxygens (including phenoxy) is 1. The maximum Gasteiger partial charge on any atom is 0.249 e. The Hall–Kier alpha value is -1.36. The van der Waals surface area contributed by atoms with Crippen LogP contribution in [0.25, 0.3) is 0 Å². The molecule has 5 nitrogen and oxygen atoms in total. The lowest BCUT2D eigenvalue weighted by molar-refractivity contribution is -0.133. The van der Waals surface area contributed by atoms with E-state index in [1.54, 1.807) is 6.08 Å². The first-order chi connectivity index (χ1) is 7.65. The molecule has 0 bridgehead atoms. The predicted octanol–water partition coefficient (Wildman–Crippen LogP) is 0.102. The van der Waals surface area contributed by atoms with Gasteiger partial charge >= 0.3 is 0 Å². The van der Waals surface area contributed by atoms with Gasteiger partial charge in [0.05, 0.1) is 0 Å². The van der Waals surface area contributed by atoms with Crippen LogP contribution in [0.2, 0.25) is 0 Å². The van der Waals surface area contributed by atoms with Gasteiger partial charge in [0.1, 0.15) is 12.1 Å². The Morgan fingerprint density at radius 3 is 2.88 bits per heavy atom. The lowest BCUT2D eigenvalue weighted by Crippen LogP contribution is -2.47. The summed E-state index contributed by atoms with van der Waals surface area (Å²) in [5.74, 6) is -0.765. The van der Waals surface area contributed by atoms with E-state index >= 15 is 0 Å². The topological polar surface area (TPSA) is 81.4 Å². The number of carbonyl (C=O) groups excluding carboxylic acids is 2. The van der Waals surface area contributed by atoms with E-state index in [0.29, 0.717) is 25.9 Å². The van der Waals surface area contributed by atoms with Crippen molar-refractivity contribution in [2.24, 2.45) is 5.73 Å². The van der Waals surface area contributed by atoms with Crippen molar-refractivity contribution in [2.45, 2.75) is 37.8 Å². The van der Waals surface area contributed by atoms with E-state index in [4.69, 9.17) is 10.5 Å². The van der Waals surface area contributed by atoms with Gasteiger partial charge in [0.15, 0.2) is 0 Å². The third-order valence-electron chi connectivity index (χ3n) is 2.54. The number of hydrogen-bond acceptors (Lipinski definition) is 3. The third-order valence-corrected chi connectivity index (χ3v) is 2.54. The summed E-state index contributed by atoms with van der Waals surface area (Å²) in [4.78, 5) is 22.7.